The van der Waals surface area contributed by atoms with Crippen molar-refractivity contribution in [1.29, 1.82) is 0 Å². The molecule has 90 valence electrons. The molecule has 0 aliphatic heterocycles. The van der Waals surface area contributed by atoms with Crippen molar-refractivity contribution >= 4 is 10.0 Å². The molecular weight excluding hydrogens is 235 g/mol. The first-order valence-electron chi connectivity index (χ1n) is 4.51. The molecule has 1 rings (SSSR count). The molecule has 0 aliphatic carbocycles. The second-order valence-corrected chi connectivity index (χ2v) is 5.63. The van der Waals surface area contributed by atoms with E-state index in [2.05, 4.69) is 4.98 Å². The first-order valence-corrected chi connectivity index (χ1v) is 6.12. The van der Waals surface area contributed by atoms with Crippen LogP contribution < -0.4 is 5.14 Å². The van der Waals surface area contributed by atoms with Gasteiger partial charge in [0.25, 0.3) is 0 Å². The molecule has 0 spiro atoms. The average molecular weight is 248 g/mol. The van der Waals surface area contributed by atoms with Crippen molar-refractivity contribution in [2.45, 2.75) is 24.7 Å². The predicted molar refractivity (Wildman–Crippen MR) is 56.3 cm³/mol. The molecule has 1 aromatic rings. The van der Waals surface area contributed by atoms with E-state index in [9.17, 15) is 17.9 Å². The van der Waals surface area contributed by atoms with Crippen LogP contribution in [0.4, 0.5) is 4.39 Å². The molecule has 0 aliphatic rings. The molecule has 1 heterocycles. The summed E-state index contributed by atoms with van der Waals surface area (Å²) in [5.41, 5.74) is -1.71. The molecule has 2 atom stereocenters. The Kier molecular flexibility index (Phi) is 3.32. The number of nitrogens with two attached hydrogens (primary N) is 1. The summed E-state index contributed by atoms with van der Waals surface area (Å²) in [5, 5.41) is 13.7. The number of aliphatic hydroxyl groups is 1. The van der Waals surface area contributed by atoms with Crippen LogP contribution in [0.5, 0.6) is 0 Å². The van der Waals surface area contributed by atoms with Crippen molar-refractivity contribution in [1.82, 2.24) is 4.98 Å². The first-order chi connectivity index (χ1) is 7.15. The van der Waals surface area contributed by atoms with Crippen LogP contribution in [-0.2, 0) is 15.6 Å². The maximum Gasteiger partial charge on any atom is 0.214 e. The Morgan fingerprint density at radius 3 is 2.50 bits per heavy atom. The van der Waals surface area contributed by atoms with Gasteiger partial charge in [-0.3, -0.25) is 4.98 Å². The van der Waals surface area contributed by atoms with E-state index in [-0.39, 0.29) is 5.69 Å². The van der Waals surface area contributed by atoms with Crippen LogP contribution in [0.25, 0.3) is 0 Å². The molecule has 0 aromatic carbocycles. The van der Waals surface area contributed by atoms with Crippen molar-refractivity contribution in [2.75, 3.05) is 0 Å². The summed E-state index contributed by atoms with van der Waals surface area (Å²) in [5.74, 6) is -0.567. The number of primary sulfonamides is 1. The molecule has 0 bridgehead atoms. The zero-order chi connectivity index (χ0) is 12.6. The lowest BCUT2D eigenvalue weighted by atomic mass is 9.98. The minimum absolute atomic E-state index is 0.0513. The molecule has 0 radical (unpaired) electrons. The fraction of sp³-hybridized carbons (Fsp3) is 0.444. The quantitative estimate of drug-likeness (QED) is 0.793. The lowest BCUT2D eigenvalue weighted by Crippen LogP contribution is -2.43. The first kappa shape index (κ1) is 13.0. The summed E-state index contributed by atoms with van der Waals surface area (Å²) < 4.78 is 34.9. The van der Waals surface area contributed by atoms with Gasteiger partial charge in [-0.25, -0.2) is 17.9 Å². The van der Waals surface area contributed by atoms with Gasteiger partial charge in [-0.15, -0.1) is 0 Å². The second kappa shape index (κ2) is 4.08. The van der Waals surface area contributed by atoms with Gasteiger partial charge < -0.3 is 5.11 Å². The number of hydrogen-bond acceptors (Lipinski definition) is 4. The standard InChI is InChI=1S/C9H13FN2O3S/c1-6(16(11,14)15)9(2,13)8-4-3-7(10)5-12-8/h3-6,13H,1-2H3,(H2,11,14,15)/t6-,9-/m1/s1. The van der Waals surface area contributed by atoms with E-state index >= 15 is 0 Å². The number of hydrogen-bond donors (Lipinski definition) is 2. The lowest BCUT2D eigenvalue weighted by molar-refractivity contribution is 0.0518. The van der Waals surface area contributed by atoms with Crippen molar-refractivity contribution in [3.63, 3.8) is 0 Å². The SMILES string of the molecule is C[C@H]([C@@](C)(O)c1ccc(F)cn1)S(N)(=O)=O. The topological polar surface area (TPSA) is 93.3 Å². The Hall–Kier alpha value is -1.05. The number of nitrogens with zero attached hydrogens (tertiary/aromatic N) is 1. The molecule has 0 saturated heterocycles. The van der Waals surface area contributed by atoms with Gasteiger partial charge >= 0.3 is 0 Å². The number of pyridine rings is 1. The minimum atomic E-state index is -3.90. The highest BCUT2D eigenvalue weighted by atomic mass is 32.2. The summed E-state index contributed by atoms with van der Waals surface area (Å²) >= 11 is 0. The normalized spacial score (nSPS) is 17.8. The monoisotopic (exact) mass is 248 g/mol. The van der Waals surface area contributed by atoms with Crippen LogP contribution in [0.3, 0.4) is 0 Å². The van der Waals surface area contributed by atoms with E-state index in [0.717, 1.165) is 12.3 Å². The Morgan fingerprint density at radius 2 is 2.12 bits per heavy atom. The van der Waals surface area contributed by atoms with Crippen molar-refractivity contribution < 1.29 is 17.9 Å². The number of aromatic nitrogens is 1. The largest absolute Gasteiger partial charge is 0.382 e. The summed E-state index contributed by atoms with van der Waals surface area (Å²) in [6, 6.07) is 2.31. The highest BCUT2D eigenvalue weighted by Crippen LogP contribution is 2.26. The summed E-state index contributed by atoms with van der Waals surface area (Å²) in [6.45, 7) is 2.53. The predicted octanol–water partition coefficient (Wildman–Crippen LogP) is 0.105. The van der Waals surface area contributed by atoms with Gasteiger partial charge in [-0.2, -0.15) is 0 Å². The van der Waals surface area contributed by atoms with Crippen LogP contribution in [0.15, 0.2) is 18.3 Å². The summed E-state index contributed by atoms with van der Waals surface area (Å²) in [4.78, 5) is 3.64. The molecule has 0 fully saturated rings. The van der Waals surface area contributed by atoms with Crippen LogP contribution in [0, 0.1) is 5.82 Å². The maximum atomic E-state index is 12.6. The van der Waals surface area contributed by atoms with E-state index < -0.39 is 26.7 Å². The molecule has 0 amide bonds. The van der Waals surface area contributed by atoms with Crippen LogP contribution in [-0.4, -0.2) is 23.8 Å². The zero-order valence-corrected chi connectivity index (χ0v) is 9.70. The molecule has 3 N–H and O–H groups in total. The maximum absolute atomic E-state index is 12.6. The van der Waals surface area contributed by atoms with E-state index in [0.29, 0.717) is 0 Å². The number of sulfonamides is 1. The van der Waals surface area contributed by atoms with Gasteiger partial charge in [-0.05, 0) is 26.0 Å². The van der Waals surface area contributed by atoms with Gasteiger partial charge in [0.15, 0.2) is 0 Å². The van der Waals surface area contributed by atoms with Gasteiger partial charge in [-0.1, -0.05) is 0 Å². The Bertz CT molecular complexity index is 470. The Balaban J connectivity index is 3.16. The van der Waals surface area contributed by atoms with E-state index in [4.69, 9.17) is 5.14 Å². The molecule has 0 saturated carbocycles. The van der Waals surface area contributed by atoms with E-state index in [1.54, 1.807) is 0 Å². The van der Waals surface area contributed by atoms with Gasteiger partial charge in [0.1, 0.15) is 16.7 Å². The molecule has 16 heavy (non-hydrogen) atoms. The van der Waals surface area contributed by atoms with E-state index in [1.807, 2.05) is 0 Å². The van der Waals surface area contributed by atoms with Crippen molar-refractivity contribution in [3.8, 4) is 0 Å². The average Bonchev–Trinajstić information content (AvgIpc) is 2.16. The van der Waals surface area contributed by atoms with Gasteiger partial charge in [0, 0.05) is 0 Å². The fourth-order valence-corrected chi connectivity index (χ4v) is 1.96. The van der Waals surface area contributed by atoms with Crippen LogP contribution in [0.2, 0.25) is 0 Å². The lowest BCUT2D eigenvalue weighted by Gasteiger charge is -2.27. The third-order valence-corrected chi connectivity index (χ3v) is 3.97. The molecule has 5 nitrogen and oxygen atoms in total. The molecule has 1 aromatic heterocycles. The molecular formula is C9H13FN2O3S. The molecule has 0 unspecified atom stereocenters. The van der Waals surface area contributed by atoms with Crippen LogP contribution in [0.1, 0.15) is 19.5 Å². The number of halogens is 1. The number of rotatable bonds is 3. The Labute approximate surface area is 93.2 Å². The summed E-state index contributed by atoms with van der Waals surface area (Å²) in [7, 11) is -3.90. The molecule has 7 heteroatoms. The van der Waals surface area contributed by atoms with E-state index in [1.165, 1.54) is 19.9 Å². The highest BCUT2D eigenvalue weighted by Gasteiger charge is 2.38. The summed E-state index contributed by atoms with van der Waals surface area (Å²) in [6.07, 6.45) is 0.902. The highest BCUT2D eigenvalue weighted by molar-refractivity contribution is 7.89. The Morgan fingerprint density at radius 1 is 1.56 bits per heavy atom. The smallest absolute Gasteiger partial charge is 0.214 e. The van der Waals surface area contributed by atoms with Gasteiger partial charge in [0.2, 0.25) is 10.0 Å². The second-order valence-electron chi connectivity index (χ2n) is 3.74. The van der Waals surface area contributed by atoms with Crippen molar-refractivity contribution in [2.24, 2.45) is 5.14 Å². The van der Waals surface area contributed by atoms with Gasteiger partial charge in [0.05, 0.1) is 11.9 Å². The zero-order valence-electron chi connectivity index (χ0n) is 8.88. The fourth-order valence-electron chi connectivity index (χ4n) is 1.20. The van der Waals surface area contributed by atoms with Crippen molar-refractivity contribution in [3.05, 3.63) is 29.8 Å². The minimum Gasteiger partial charge on any atom is -0.382 e. The van der Waals surface area contributed by atoms with Crippen LogP contribution >= 0.6 is 0 Å². The third-order valence-electron chi connectivity index (χ3n) is 2.53. The third kappa shape index (κ3) is 2.55.